The van der Waals surface area contributed by atoms with Gasteiger partial charge in [-0.3, -0.25) is 0 Å². The van der Waals surface area contributed by atoms with Gasteiger partial charge < -0.3 is 9.30 Å². The van der Waals surface area contributed by atoms with Crippen molar-refractivity contribution in [2.45, 2.75) is 33.7 Å². The Bertz CT molecular complexity index is 1760. The first-order chi connectivity index (χ1) is 19.0. The Morgan fingerprint density at radius 2 is 1.79 bits per heavy atom. The molecular formula is C30H26ClN7O. The number of aryl methyl sites for hydroxylation is 3. The molecule has 39 heavy (non-hydrogen) atoms. The molecule has 0 spiro atoms. The molecule has 8 nitrogen and oxygen atoms in total. The van der Waals surface area contributed by atoms with E-state index < -0.39 is 0 Å². The molecule has 0 aliphatic carbocycles. The number of halogens is 1. The molecule has 1 aliphatic rings. The summed E-state index contributed by atoms with van der Waals surface area (Å²) in [5, 5.41) is 8.83. The van der Waals surface area contributed by atoms with Crippen LogP contribution in [0.5, 0.6) is 11.6 Å². The summed E-state index contributed by atoms with van der Waals surface area (Å²) in [6.07, 6.45) is 2.45. The zero-order valence-electron chi connectivity index (χ0n) is 21.9. The Kier molecular flexibility index (Phi) is 6.62. The van der Waals surface area contributed by atoms with Crippen LogP contribution in [-0.4, -0.2) is 32.0 Å². The Balaban J connectivity index is 1.35. The van der Waals surface area contributed by atoms with Crippen molar-refractivity contribution in [2.24, 2.45) is 15.2 Å². The van der Waals surface area contributed by atoms with E-state index in [1.54, 1.807) is 18.3 Å². The van der Waals surface area contributed by atoms with Crippen LogP contribution >= 0.6 is 11.6 Å². The highest BCUT2D eigenvalue weighted by Crippen LogP contribution is 2.32. The molecule has 9 heteroatoms. The smallest absolute Gasteiger partial charge is 0.220 e. The number of pyridine rings is 2. The summed E-state index contributed by atoms with van der Waals surface area (Å²) >= 11 is 6.11. The number of rotatable bonds is 7. The number of amidine groups is 1. The van der Waals surface area contributed by atoms with Gasteiger partial charge in [-0.05, 0) is 66.4 Å². The molecule has 0 amide bonds. The van der Waals surface area contributed by atoms with Crippen LogP contribution in [0.3, 0.4) is 0 Å². The van der Waals surface area contributed by atoms with Crippen molar-refractivity contribution in [3.05, 3.63) is 100 Å². The number of aliphatic imine (C=N–C) groups is 1. The predicted molar refractivity (Wildman–Crippen MR) is 153 cm³/mol. The van der Waals surface area contributed by atoms with Crippen LogP contribution < -0.4 is 4.74 Å². The summed E-state index contributed by atoms with van der Waals surface area (Å²) in [7, 11) is 0. The van der Waals surface area contributed by atoms with Crippen molar-refractivity contribution < 1.29 is 4.74 Å². The quantitative estimate of drug-likeness (QED) is 0.218. The topological polar surface area (TPSA) is 89.9 Å². The van der Waals surface area contributed by atoms with Gasteiger partial charge >= 0.3 is 0 Å². The maximum Gasteiger partial charge on any atom is 0.220 e. The summed E-state index contributed by atoms with van der Waals surface area (Å²) in [4.78, 5) is 18.4. The molecular weight excluding hydrogens is 510 g/mol. The first-order valence-corrected chi connectivity index (χ1v) is 13.1. The van der Waals surface area contributed by atoms with Gasteiger partial charge in [0.25, 0.3) is 0 Å². The van der Waals surface area contributed by atoms with Crippen molar-refractivity contribution in [1.29, 1.82) is 0 Å². The molecule has 194 valence electrons. The summed E-state index contributed by atoms with van der Waals surface area (Å²) < 4.78 is 8.23. The van der Waals surface area contributed by atoms with Crippen molar-refractivity contribution >= 4 is 28.6 Å². The third-order valence-corrected chi connectivity index (χ3v) is 6.86. The van der Waals surface area contributed by atoms with Gasteiger partial charge in [0.1, 0.15) is 17.1 Å². The molecule has 3 aromatic heterocycles. The Labute approximate surface area is 231 Å². The summed E-state index contributed by atoms with van der Waals surface area (Å²) in [5.41, 5.74) is 8.04. The lowest BCUT2D eigenvalue weighted by Crippen LogP contribution is -2.06. The Hall–Kier alpha value is -4.43. The predicted octanol–water partition coefficient (Wildman–Crippen LogP) is 7.34. The molecule has 0 N–H and O–H groups in total. The lowest BCUT2D eigenvalue weighted by atomic mass is 9.97. The monoisotopic (exact) mass is 535 g/mol. The molecule has 0 bridgehead atoms. The highest BCUT2D eigenvalue weighted by molar-refractivity contribution is 6.30. The highest BCUT2D eigenvalue weighted by atomic mass is 35.5. The molecule has 5 aromatic rings. The molecule has 0 unspecified atom stereocenters. The second kappa shape index (κ2) is 10.4. The Morgan fingerprint density at radius 3 is 2.54 bits per heavy atom. The maximum absolute atomic E-state index is 6.11. The zero-order chi connectivity index (χ0) is 26.9. The number of fused-ring (bicyclic) bond motifs is 1. The SMILES string of the molecule is CCc1nc2c(C)cc(C)nc2n1Cc1ccc(-c2cc(Oc3cc(Cl)ccn3)ccc2C2=NCN=N2)cc1. The normalized spacial score (nSPS) is 12.8. The molecule has 1 aliphatic heterocycles. The van der Waals surface area contributed by atoms with E-state index in [-0.39, 0.29) is 0 Å². The zero-order valence-corrected chi connectivity index (χ0v) is 22.6. The lowest BCUT2D eigenvalue weighted by molar-refractivity contribution is 0.463. The first-order valence-electron chi connectivity index (χ1n) is 12.8. The van der Waals surface area contributed by atoms with Gasteiger partial charge in [0, 0.05) is 35.0 Å². The van der Waals surface area contributed by atoms with Crippen LogP contribution in [0.4, 0.5) is 0 Å². The maximum atomic E-state index is 6.11. The van der Waals surface area contributed by atoms with E-state index in [0.717, 1.165) is 56.9 Å². The van der Waals surface area contributed by atoms with Crippen molar-refractivity contribution in [3.8, 4) is 22.8 Å². The van der Waals surface area contributed by atoms with E-state index in [0.29, 0.717) is 35.7 Å². The third-order valence-electron chi connectivity index (χ3n) is 6.62. The van der Waals surface area contributed by atoms with Crippen molar-refractivity contribution in [3.63, 3.8) is 0 Å². The summed E-state index contributed by atoms with van der Waals surface area (Å²) in [6, 6.07) is 19.8. The molecule has 0 atom stereocenters. The van der Waals surface area contributed by atoms with Crippen LogP contribution in [0.1, 0.15) is 35.1 Å². The summed E-state index contributed by atoms with van der Waals surface area (Å²) in [5.74, 6) is 2.70. The lowest BCUT2D eigenvalue weighted by Gasteiger charge is -2.13. The van der Waals surface area contributed by atoms with Gasteiger partial charge in [0.15, 0.2) is 18.2 Å². The van der Waals surface area contributed by atoms with Gasteiger partial charge in [0.2, 0.25) is 5.88 Å². The van der Waals surface area contributed by atoms with Crippen LogP contribution in [0.2, 0.25) is 5.02 Å². The molecule has 2 aromatic carbocycles. The second-order valence-electron chi connectivity index (χ2n) is 9.40. The fraction of sp³-hybridized carbons (Fsp3) is 0.200. The second-order valence-corrected chi connectivity index (χ2v) is 9.84. The number of nitrogens with zero attached hydrogens (tertiary/aromatic N) is 7. The number of ether oxygens (including phenoxy) is 1. The van der Waals surface area contributed by atoms with Crippen LogP contribution in [0.25, 0.3) is 22.3 Å². The highest BCUT2D eigenvalue weighted by Gasteiger charge is 2.17. The number of imidazole rings is 1. The minimum Gasteiger partial charge on any atom is -0.439 e. The third kappa shape index (κ3) is 5.03. The van der Waals surface area contributed by atoms with Gasteiger partial charge in [0.05, 0.1) is 6.54 Å². The van der Waals surface area contributed by atoms with Gasteiger partial charge in [-0.15, -0.1) is 5.11 Å². The molecule has 0 radical (unpaired) electrons. The van der Waals surface area contributed by atoms with Crippen molar-refractivity contribution in [1.82, 2.24) is 19.5 Å². The Morgan fingerprint density at radius 1 is 0.949 bits per heavy atom. The first kappa shape index (κ1) is 24.9. The minimum absolute atomic E-state index is 0.337. The van der Waals surface area contributed by atoms with E-state index in [2.05, 4.69) is 69.0 Å². The van der Waals surface area contributed by atoms with Gasteiger partial charge in [-0.25, -0.2) is 19.9 Å². The van der Waals surface area contributed by atoms with E-state index in [9.17, 15) is 0 Å². The summed E-state index contributed by atoms with van der Waals surface area (Å²) in [6.45, 7) is 7.27. The fourth-order valence-corrected chi connectivity index (χ4v) is 4.96. The molecule has 4 heterocycles. The largest absolute Gasteiger partial charge is 0.439 e. The molecule has 6 rings (SSSR count). The van der Waals surface area contributed by atoms with Crippen LogP contribution in [0.15, 0.2) is 82.1 Å². The van der Waals surface area contributed by atoms with E-state index in [1.807, 2.05) is 25.1 Å². The average molecular weight is 536 g/mol. The van der Waals surface area contributed by atoms with Crippen LogP contribution in [-0.2, 0) is 13.0 Å². The number of azo groups is 1. The van der Waals surface area contributed by atoms with E-state index >= 15 is 0 Å². The number of hydrogen-bond acceptors (Lipinski definition) is 7. The minimum atomic E-state index is 0.337. The van der Waals surface area contributed by atoms with E-state index in [1.165, 1.54) is 0 Å². The average Bonchev–Trinajstić information content (AvgIpc) is 3.58. The number of aromatic nitrogens is 4. The molecule has 0 saturated heterocycles. The van der Waals surface area contributed by atoms with Gasteiger partial charge in [-0.1, -0.05) is 42.8 Å². The number of hydrogen-bond donors (Lipinski definition) is 0. The molecule has 0 saturated carbocycles. The van der Waals surface area contributed by atoms with Crippen molar-refractivity contribution in [2.75, 3.05) is 6.67 Å². The fourth-order valence-electron chi connectivity index (χ4n) is 4.81. The standard InChI is InChI=1S/C30H26ClN7O/c1-4-26-36-28-18(2)13-19(3)35-30(28)38(26)16-20-5-7-21(8-6-20)25-15-23(39-27-14-22(31)11-12-32-27)9-10-24(25)29-33-17-34-37-29/h5-15H,4,16-17H2,1-3H3. The van der Waals surface area contributed by atoms with Crippen LogP contribution in [0, 0.1) is 13.8 Å². The van der Waals surface area contributed by atoms with Gasteiger partial charge in [-0.2, -0.15) is 5.11 Å². The van der Waals surface area contributed by atoms with E-state index in [4.69, 9.17) is 26.3 Å². The molecule has 0 fully saturated rings. The number of benzene rings is 2.